The van der Waals surface area contributed by atoms with Crippen LogP contribution in [0.5, 0.6) is 0 Å². The molecule has 1 fully saturated rings. The molecule has 0 unspecified atom stereocenters. The second-order valence-electron chi connectivity index (χ2n) is 6.88. The zero-order chi connectivity index (χ0) is 19.7. The molecule has 0 radical (unpaired) electrons. The summed E-state index contributed by atoms with van der Waals surface area (Å²) in [6, 6.07) is 9.26. The van der Waals surface area contributed by atoms with Gasteiger partial charge in [0.1, 0.15) is 5.69 Å². The molecule has 0 amide bonds. The van der Waals surface area contributed by atoms with Crippen molar-refractivity contribution in [2.45, 2.75) is 18.9 Å². The number of nitrogens with one attached hydrogen (secondary N) is 1. The van der Waals surface area contributed by atoms with Crippen LogP contribution in [0.15, 0.2) is 42.7 Å². The highest BCUT2D eigenvalue weighted by Gasteiger charge is 2.25. The summed E-state index contributed by atoms with van der Waals surface area (Å²) in [6.07, 6.45) is 5.37. The fourth-order valence-electron chi connectivity index (χ4n) is 3.38. The number of fused-ring (bicyclic) bond motifs is 1. The molecule has 0 saturated carbocycles. The Morgan fingerprint density at radius 1 is 1.18 bits per heavy atom. The fraction of sp³-hybridized carbons (Fsp3) is 0.316. The molecule has 0 aliphatic carbocycles. The van der Waals surface area contributed by atoms with E-state index in [9.17, 15) is 12.8 Å². The third-order valence-corrected chi connectivity index (χ3v) is 6.18. The molecule has 146 valence electrons. The van der Waals surface area contributed by atoms with E-state index in [0.717, 1.165) is 17.1 Å². The number of rotatable bonds is 4. The Balaban J connectivity index is 1.54. The zero-order valence-corrected chi connectivity index (χ0v) is 16.2. The third kappa shape index (κ3) is 3.95. The molecule has 3 aromatic rings. The van der Waals surface area contributed by atoms with Crippen LogP contribution in [0, 0.1) is 5.82 Å². The molecule has 3 heterocycles. The number of aromatic nitrogens is 3. The van der Waals surface area contributed by atoms with Gasteiger partial charge in [-0.25, -0.2) is 27.1 Å². The number of halogens is 1. The number of hydrogen-bond donors (Lipinski definition) is 1. The maximum atomic E-state index is 14.4. The van der Waals surface area contributed by atoms with Crippen molar-refractivity contribution in [1.82, 2.24) is 19.3 Å². The molecular weight excluding hydrogens is 381 g/mol. The number of sulfonamides is 1. The zero-order valence-electron chi connectivity index (χ0n) is 15.3. The lowest BCUT2D eigenvalue weighted by Gasteiger charge is -2.30. The van der Waals surface area contributed by atoms with E-state index < -0.39 is 15.8 Å². The van der Waals surface area contributed by atoms with Gasteiger partial charge in [0.05, 0.1) is 18.0 Å². The van der Waals surface area contributed by atoms with E-state index in [1.54, 1.807) is 12.3 Å². The maximum absolute atomic E-state index is 14.4. The molecule has 0 spiro atoms. The average molecular weight is 401 g/mol. The molecule has 28 heavy (non-hydrogen) atoms. The van der Waals surface area contributed by atoms with Gasteiger partial charge in [0.25, 0.3) is 0 Å². The summed E-state index contributed by atoms with van der Waals surface area (Å²) < 4.78 is 39.1. The minimum Gasteiger partial charge on any atom is -0.351 e. The van der Waals surface area contributed by atoms with Crippen LogP contribution in [0.2, 0.25) is 0 Å². The van der Waals surface area contributed by atoms with E-state index in [-0.39, 0.29) is 11.7 Å². The summed E-state index contributed by atoms with van der Waals surface area (Å²) in [6.45, 7) is 0.893. The van der Waals surface area contributed by atoms with Crippen LogP contribution in [0.1, 0.15) is 12.8 Å². The first-order chi connectivity index (χ1) is 13.4. The first kappa shape index (κ1) is 18.7. The van der Waals surface area contributed by atoms with Gasteiger partial charge in [0, 0.05) is 36.3 Å². The standard InChI is InChI=1S/C19H20FN5O2S/c1-28(26,27)25-9-6-15(7-10-25)23-19-22-12-16(20)18(24-19)14-4-5-17-13(11-14)3-2-8-21-17/h2-5,8,11-12,15H,6-7,9-10H2,1H3,(H,22,23,24). The molecule has 0 atom stereocenters. The summed E-state index contributed by atoms with van der Waals surface area (Å²) in [5, 5.41) is 4.11. The van der Waals surface area contributed by atoms with E-state index in [2.05, 4.69) is 20.3 Å². The molecule has 9 heteroatoms. The van der Waals surface area contributed by atoms with Gasteiger partial charge in [0.15, 0.2) is 5.82 Å². The Bertz CT molecular complexity index is 1110. The molecule has 1 N–H and O–H groups in total. The Morgan fingerprint density at radius 2 is 1.96 bits per heavy atom. The van der Waals surface area contributed by atoms with Gasteiger partial charge in [-0.3, -0.25) is 4.98 Å². The van der Waals surface area contributed by atoms with Crippen LogP contribution in [0.4, 0.5) is 10.3 Å². The quantitative estimate of drug-likeness (QED) is 0.723. The van der Waals surface area contributed by atoms with Crippen LogP contribution >= 0.6 is 0 Å². The van der Waals surface area contributed by atoms with Crippen molar-refractivity contribution < 1.29 is 12.8 Å². The molecule has 1 saturated heterocycles. The van der Waals surface area contributed by atoms with E-state index in [1.807, 2.05) is 24.3 Å². The van der Waals surface area contributed by atoms with Gasteiger partial charge in [-0.2, -0.15) is 0 Å². The van der Waals surface area contributed by atoms with Crippen molar-refractivity contribution in [3.05, 3.63) is 48.5 Å². The van der Waals surface area contributed by atoms with Crippen LogP contribution in [-0.2, 0) is 10.0 Å². The molecule has 0 bridgehead atoms. The summed E-state index contributed by atoms with van der Waals surface area (Å²) in [4.78, 5) is 12.7. The van der Waals surface area contributed by atoms with Crippen molar-refractivity contribution in [3.63, 3.8) is 0 Å². The first-order valence-corrected chi connectivity index (χ1v) is 10.8. The van der Waals surface area contributed by atoms with Gasteiger partial charge in [-0.15, -0.1) is 0 Å². The van der Waals surface area contributed by atoms with Gasteiger partial charge < -0.3 is 5.32 Å². The van der Waals surface area contributed by atoms with Gasteiger partial charge >= 0.3 is 0 Å². The van der Waals surface area contributed by atoms with Crippen LogP contribution in [0.25, 0.3) is 22.2 Å². The monoisotopic (exact) mass is 401 g/mol. The van der Waals surface area contributed by atoms with Crippen molar-refractivity contribution in [2.24, 2.45) is 0 Å². The van der Waals surface area contributed by atoms with Crippen molar-refractivity contribution in [1.29, 1.82) is 0 Å². The lowest BCUT2D eigenvalue weighted by Crippen LogP contribution is -2.42. The molecule has 1 aromatic carbocycles. The normalized spacial score (nSPS) is 16.4. The number of piperidine rings is 1. The molecule has 1 aliphatic rings. The Hall–Kier alpha value is -2.65. The Morgan fingerprint density at radius 3 is 2.71 bits per heavy atom. The van der Waals surface area contributed by atoms with E-state index in [0.29, 0.717) is 37.4 Å². The molecule has 2 aromatic heterocycles. The highest BCUT2D eigenvalue weighted by atomic mass is 32.2. The van der Waals surface area contributed by atoms with Crippen molar-refractivity contribution >= 4 is 26.9 Å². The smallest absolute Gasteiger partial charge is 0.223 e. The van der Waals surface area contributed by atoms with Crippen molar-refractivity contribution in [3.8, 4) is 11.3 Å². The van der Waals surface area contributed by atoms with Crippen LogP contribution in [0.3, 0.4) is 0 Å². The topological polar surface area (TPSA) is 88.1 Å². The lowest BCUT2D eigenvalue weighted by molar-refractivity contribution is 0.331. The number of anilines is 1. The molecule has 7 nitrogen and oxygen atoms in total. The maximum Gasteiger partial charge on any atom is 0.223 e. The van der Waals surface area contributed by atoms with Gasteiger partial charge in [0.2, 0.25) is 16.0 Å². The summed E-state index contributed by atoms with van der Waals surface area (Å²) in [5.41, 5.74) is 1.70. The minimum atomic E-state index is -3.17. The number of benzene rings is 1. The number of hydrogen-bond acceptors (Lipinski definition) is 6. The third-order valence-electron chi connectivity index (χ3n) is 4.88. The van der Waals surface area contributed by atoms with E-state index >= 15 is 0 Å². The predicted molar refractivity (Wildman–Crippen MR) is 106 cm³/mol. The number of pyridine rings is 1. The van der Waals surface area contributed by atoms with Gasteiger partial charge in [-0.1, -0.05) is 12.1 Å². The fourth-order valence-corrected chi connectivity index (χ4v) is 4.25. The number of nitrogens with zero attached hydrogens (tertiary/aromatic N) is 4. The second-order valence-corrected chi connectivity index (χ2v) is 8.86. The second kappa shape index (κ2) is 7.40. The lowest BCUT2D eigenvalue weighted by atomic mass is 10.1. The largest absolute Gasteiger partial charge is 0.351 e. The molecule has 1 aliphatic heterocycles. The average Bonchev–Trinajstić information content (AvgIpc) is 2.69. The summed E-state index contributed by atoms with van der Waals surface area (Å²) >= 11 is 0. The molecular formula is C19H20FN5O2S. The van der Waals surface area contributed by atoms with E-state index in [4.69, 9.17) is 0 Å². The highest BCUT2D eigenvalue weighted by molar-refractivity contribution is 7.88. The summed E-state index contributed by atoms with van der Waals surface area (Å²) in [5.74, 6) is -0.166. The Kier molecular flexibility index (Phi) is 4.94. The van der Waals surface area contributed by atoms with E-state index in [1.165, 1.54) is 10.6 Å². The Labute approximate surface area is 162 Å². The van der Waals surface area contributed by atoms with Crippen LogP contribution in [-0.4, -0.2) is 53.1 Å². The minimum absolute atomic E-state index is 0.0390. The van der Waals surface area contributed by atoms with Crippen molar-refractivity contribution in [2.75, 3.05) is 24.7 Å². The highest BCUT2D eigenvalue weighted by Crippen LogP contribution is 2.25. The SMILES string of the molecule is CS(=O)(=O)N1CCC(Nc2ncc(F)c(-c3ccc4ncccc4c3)n2)CC1. The van der Waals surface area contributed by atoms with Crippen LogP contribution < -0.4 is 5.32 Å². The predicted octanol–water partition coefficient (Wildman–Crippen LogP) is 2.67. The van der Waals surface area contributed by atoms with Gasteiger partial charge in [-0.05, 0) is 31.0 Å². The first-order valence-electron chi connectivity index (χ1n) is 8.99. The summed E-state index contributed by atoms with van der Waals surface area (Å²) in [7, 11) is -3.17. The molecule has 4 rings (SSSR count).